The number of thiocarbonyl (C=S) groups is 1. The molecule has 1 aromatic heterocycles. The first-order valence-electron chi connectivity index (χ1n) is 5.73. The van der Waals surface area contributed by atoms with Crippen molar-refractivity contribution in [2.24, 2.45) is 5.73 Å². The van der Waals surface area contributed by atoms with Gasteiger partial charge in [-0.05, 0) is 25.0 Å². The molecule has 0 radical (unpaired) electrons. The maximum atomic E-state index is 12.1. The molecule has 1 saturated carbocycles. The Labute approximate surface area is 117 Å². The number of hydrogen-bond acceptors (Lipinski definition) is 5. The van der Waals surface area contributed by atoms with E-state index in [1.54, 1.807) is 7.11 Å². The molecular weight excluding hydrogens is 286 g/mol. The van der Waals surface area contributed by atoms with Crippen molar-refractivity contribution in [3.8, 4) is 0 Å². The first-order chi connectivity index (χ1) is 8.92. The summed E-state index contributed by atoms with van der Waals surface area (Å²) in [7, 11) is -1.93. The number of nitrogens with two attached hydrogens (primary N) is 1. The zero-order valence-corrected chi connectivity index (χ0v) is 12.0. The van der Waals surface area contributed by atoms with Crippen LogP contribution in [0.25, 0.3) is 0 Å². The largest absolute Gasteiger partial charge is 0.388 e. The maximum Gasteiger partial charge on any atom is 0.242 e. The Morgan fingerprint density at radius 1 is 1.53 bits per heavy atom. The summed E-state index contributed by atoms with van der Waals surface area (Å²) in [5.74, 6) is 0. The molecule has 1 fully saturated rings. The highest BCUT2D eigenvalue weighted by Gasteiger charge is 2.32. The van der Waals surface area contributed by atoms with Gasteiger partial charge >= 0.3 is 0 Å². The van der Waals surface area contributed by atoms with E-state index in [2.05, 4.69) is 9.71 Å². The van der Waals surface area contributed by atoms with Crippen LogP contribution < -0.4 is 10.5 Å². The first kappa shape index (κ1) is 14.3. The Morgan fingerprint density at radius 2 is 2.21 bits per heavy atom. The van der Waals surface area contributed by atoms with E-state index in [9.17, 15) is 8.42 Å². The fourth-order valence-corrected chi connectivity index (χ4v) is 3.15. The number of ether oxygens (including phenoxy) is 1. The fraction of sp³-hybridized carbons (Fsp3) is 0.455. The van der Waals surface area contributed by atoms with E-state index >= 15 is 0 Å². The normalized spacial score (nSPS) is 22.8. The van der Waals surface area contributed by atoms with Crippen LogP contribution in [0, 0.1) is 0 Å². The third kappa shape index (κ3) is 3.27. The SMILES string of the molecule is COC1CC(NS(=O)(=O)c2ccc(C(N)=S)nc2)C1. The lowest BCUT2D eigenvalue weighted by molar-refractivity contribution is 0.0236. The van der Waals surface area contributed by atoms with Crippen molar-refractivity contribution < 1.29 is 13.2 Å². The summed E-state index contributed by atoms with van der Waals surface area (Å²) in [6, 6.07) is 2.86. The molecule has 2 rings (SSSR count). The highest BCUT2D eigenvalue weighted by Crippen LogP contribution is 2.24. The standard InChI is InChI=1S/C11H15N3O3S2/c1-17-8-4-7(5-8)14-19(15,16)9-2-3-10(11(12)18)13-6-9/h2-3,6-8,14H,4-5H2,1H3,(H2,12,18). The van der Waals surface area contributed by atoms with Gasteiger partial charge in [-0.1, -0.05) is 12.2 Å². The topological polar surface area (TPSA) is 94.3 Å². The van der Waals surface area contributed by atoms with E-state index in [1.807, 2.05) is 0 Å². The lowest BCUT2D eigenvalue weighted by atomic mass is 9.90. The number of sulfonamides is 1. The van der Waals surface area contributed by atoms with Crippen LogP contribution >= 0.6 is 12.2 Å². The summed E-state index contributed by atoms with van der Waals surface area (Å²) in [4.78, 5) is 4.16. The Hall–Kier alpha value is -1.09. The van der Waals surface area contributed by atoms with Gasteiger partial charge in [-0.15, -0.1) is 0 Å². The molecule has 6 nitrogen and oxygen atoms in total. The molecule has 19 heavy (non-hydrogen) atoms. The number of pyridine rings is 1. The second-order valence-electron chi connectivity index (χ2n) is 4.39. The fourth-order valence-electron chi connectivity index (χ4n) is 1.83. The Kier molecular flexibility index (Phi) is 4.14. The Balaban J connectivity index is 2.05. The van der Waals surface area contributed by atoms with Crippen LogP contribution in [-0.4, -0.2) is 37.6 Å². The van der Waals surface area contributed by atoms with Gasteiger partial charge in [0, 0.05) is 19.3 Å². The summed E-state index contributed by atoms with van der Waals surface area (Å²) in [5, 5.41) is 0. The minimum Gasteiger partial charge on any atom is -0.388 e. The summed E-state index contributed by atoms with van der Waals surface area (Å²) >= 11 is 4.76. The van der Waals surface area contributed by atoms with Crippen molar-refractivity contribution in [1.29, 1.82) is 0 Å². The van der Waals surface area contributed by atoms with Crippen molar-refractivity contribution in [3.63, 3.8) is 0 Å². The molecule has 3 N–H and O–H groups in total. The predicted molar refractivity (Wildman–Crippen MR) is 74.3 cm³/mol. The number of nitrogens with zero attached hydrogens (tertiary/aromatic N) is 1. The quantitative estimate of drug-likeness (QED) is 0.753. The zero-order valence-electron chi connectivity index (χ0n) is 10.4. The monoisotopic (exact) mass is 301 g/mol. The van der Waals surface area contributed by atoms with Crippen LogP contribution in [0.15, 0.2) is 23.2 Å². The molecule has 0 aromatic carbocycles. The van der Waals surface area contributed by atoms with Gasteiger partial charge in [0.2, 0.25) is 10.0 Å². The molecule has 8 heteroatoms. The molecular formula is C11H15N3O3S2. The van der Waals surface area contributed by atoms with Gasteiger partial charge in [0.1, 0.15) is 9.88 Å². The van der Waals surface area contributed by atoms with Crippen molar-refractivity contribution in [2.45, 2.75) is 29.9 Å². The van der Waals surface area contributed by atoms with Crippen LogP contribution in [0.4, 0.5) is 0 Å². The second kappa shape index (κ2) is 5.49. The van der Waals surface area contributed by atoms with E-state index in [4.69, 9.17) is 22.7 Å². The molecule has 0 aliphatic heterocycles. The van der Waals surface area contributed by atoms with Crippen molar-refractivity contribution in [3.05, 3.63) is 24.0 Å². The minimum atomic E-state index is -3.55. The number of aromatic nitrogens is 1. The Morgan fingerprint density at radius 3 is 2.68 bits per heavy atom. The summed E-state index contributed by atoms with van der Waals surface area (Å²) in [6.45, 7) is 0. The second-order valence-corrected chi connectivity index (χ2v) is 6.54. The minimum absolute atomic E-state index is 0.0785. The molecule has 1 heterocycles. The molecule has 104 valence electrons. The molecule has 0 unspecified atom stereocenters. The highest BCUT2D eigenvalue weighted by molar-refractivity contribution is 7.89. The van der Waals surface area contributed by atoms with Gasteiger partial charge in [0.05, 0.1) is 11.8 Å². The van der Waals surface area contributed by atoms with E-state index in [0.717, 1.165) is 0 Å². The van der Waals surface area contributed by atoms with Crippen LogP contribution in [0.5, 0.6) is 0 Å². The van der Waals surface area contributed by atoms with E-state index in [-0.39, 0.29) is 22.0 Å². The highest BCUT2D eigenvalue weighted by atomic mass is 32.2. The van der Waals surface area contributed by atoms with Crippen LogP contribution in [0.2, 0.25) is 0 Å². The molecule has 0 spiro atoms. The van der Waals surface area contributed by atoms with Gasteiger partial charge in [-0.25, -0.2) is 13.1 Å². The van der Waals surface area contributed by atoms with Crippen molar-refractivity contribution >= 4 is 27.2 Å². The number of methoxy groups -OCH3 is 1. The van der Waals surface area contributed by atoms with Crippen LogP contribution in [0.1, 0.15) is 18.5 Å². The number of hydrogen-bond donors (Lipinski definition) is 2. The third-order valence-electron chi connectivity index (χ3n) is 3.05. The Bertz CT molecular complexity index is 565. The smallest absolute Gasteiger partial charge is 0.242 e. The van der Waals surface area contributed by atoms with E-state index < -0.39 is 10.0 Å². The van der Waals surface area contributed by atoms with E-state index in [0.29, 0.717) is 18.5 Å². The van der Waals surface area contributed by atoms with Gasteiger partial charge < -0.3 is 10.5 Å². The average molecular weight is 301 g/mol. The summed E-state index contributed by atoms with van der Waals surface area (Å²) in [6.07, 6.45) is 2.77. The van der Waals surface area contributed by atoms with Gasteiger partial charge in [0.15, 0.2) is 0 Å². The summed E-state index contributed by atoms with van der Waals surface area (Å²) in [5.41, 5.74) is 5.80. The lowest BCUT2D eigenvalue weighted by Gasteiger charge is -2.34. The van der Waals surface area contributed by atoms with Crippen LogP contribution in [-0.2, 0) is 14.8 Å². The molecule has 1 aromatic rings. The maximum absolute atomic E-state index is 12.1. The zero-order chi connectivity index (χ0) is 14.0. The molecule has 0 bridgehead atoms. The molecule has 0 atom stereocenters. The lowest BCUT2D eigenvalue weighted by Crippen LogP contribution is -2.47. The van der Waals surface area contributed by atoms with Gasteiger partial charge in [-0.3, -0.25) is 4.98 Å². The summed E-state index contributed by atoms with van der Waals surface area (Å²) < 4.78 is 31.8. The predicted octanol–water partition coefficient (Wildman–Crippen LogP) is 0.172. The van der Waals surface area contributed by atoms with Crippen molar-refractivity contribution in [1.82, 2.24) is 9.71 Å². The van der Waals surface area contributed by atoms with Gasteiger partial charge in [0.25, 0.3) is 0 Å². The molecule has 0 saturated heterocycles. The number of rotatable bonds is 5. The van der Waals surface area contributed by atoms with E-state index in [1.165, 1.54) is 18.3 Å². The molecule has 1 aliphatic rings. The molecule has 0 amide bonds. The number of nitrogens with one attached hydrogen (secondary N) is 1. The van der Waals surface area contributed by atoms with Gasteiger partial charge in [-0.2, -0.15) is 0 Å². The third-order valence-corrected chi connectivity index (χ3v) is 4.76. The van der Waals surface area contributed by atoms with Crippen molar-refractivity contribution in [2.75, 3.05) is 7.11 Å². The van der Waals surface area contributed by atoms with Crippen LogP contribution in [0.3, 0.4) is 0 Å². The average Bonchev–Trinajstić information content (AvgIpc) is 2.33. The molecule has 1 aliphatic carbocycles. The first-order valence-corrected chi connectivity index (χ1v) is 7.62.